The first-order chi connectivity index (χ1) is 9.05. The van der Waals surface area contributed by atoms with Crippen molar-refractivity contribution in [3.8, 4) is 0 Å². The fraction of sp³-hybridized carbons (Fsp3) is 0.533. The van der Waals surface area contributed by atoms with Gasteiger partial charge in [-0.05, 0) is 53.7 Å². The Kier molecular flexibility index (Phi) is 3.11. The van der Waals surface area contributed by atoms with E-state index in [-0.39, 0.29) is 11.2 Å². The van der Waals surface area contributed by atoms with Gasteiger partial charge in [0.05, 0.1) is 5.52 Å². The van der Waals surface area contributed by atoms with E-state index in [2.05, 4.69) is 4.98 Å². The van der Waals surface area contributed by atoms with E-state index in [9.17, 15) is 9.59 Å². The lowest BCUT2D eigenvalue weighted by atomic mass is 10.1. The molecule has 0 saturated heterocycles. The minimum atomic E-state index is -0.590. The number of hydrogen-bond donors (Lipinski definition) is 0. The molecule has 0 bridgehead atoms. The Morgan fingerprint density at radius 1 is 0.950 bits per heavy atom. The van der Waals surface area contributed by atoms with Gasteiger partial charge in [0.15, 0.2) is 5.52 Å². The first-order valence-electron chi connectivity index (χ1n) is 6.69. The second-order valence-electron chi connectivity index (χ2n) is 6.97. The van der Waals surface area contributed by atoms with E-state index in [1.165, 1.54) is 4.57 Å². The molecule has 0 aliphatic heterocycles. The predicted octanol–water partition coefficient (Wildman–Crippen LogP) is 2.07. The Bertz CT molecular complexity index is 771. The normalized spacial score (nSPS) is 12.9. The van der Waals surface area contributed by atoms with Gasteiger partial charge in [0.2, 0.25) is 0 Å². The number of aromatic nitrogens is 3. The highest BCUT2D eigenvalue weighted by Crippen LogP contribution is 2.18. The number of nitrogens with zero attached hydrogens (tertiary/aromatic N) is 3. The van der Waals surface area contributed by atoms with Crippen LogP contribution in [0.2, 0.25) is 0 Å². The van der Waals surface area contributed by atoms with Gasteiger partial charge in [-0.1, -0.05) is 0 Å². The molecule has 108 valence electrons. The van der Waals surface area contributed by atoms with Crippen LogP contribution in [0.1, 0.15) is 41.5 Å². The van der Waals surface area contributed by atoms with Crippen molar-refractivity contribution in [3.05, 3.63) is 39.2 Å². The first kappa shape index (κ1) is 14.5. The maximum Gasteiger partial charge on any atom is 0.332 e. The second kappa shape index (κ2) is 4.30. The summed E-state index contributed by atoms with van der Waals surface area (Å²) in [5.41, 5.74) is -0.743. The minimum Gasteiger partial charge on any atom is -0.286 e. The fourth-order valence-electron chi connectivity index (χ4n) is 2.38. The summed E-state index contributed by atoms with van der Waals surface area (Å²) in [6, 6.07) is 3.51. The molecule has 0 fully saturated rings. The van der Waals surface area contributed by atoms with Gasteiger partial charge in [0, 0.05) is 17.3 Å². The smallest absolute Gasteiger partial charge is 0.286 e. The number of pyridine rings is 1. The maximum atomic E-state index is 12.8. The zero-order valence-corrected chi connectivity index (χ0v) is 12.9. The van der Waals surface area contributed by atoms with Crippen LogP contribution < -0.4 is 11.2 Å². The average molecular weight is 275 g/mol. The Morgan fingerprint density at radius 2 is 1.50 bits per heavy atom. The Morgan fingerprint density at radius 3 is 2.00 bits per heavy atom. The van der Waals surface area contributed by atoms with Crippen LogP contribution in [0.15, 0.2) is 27.9 Å². The Labute approximate surface area is 117 Å². The highest BCUT2D eigenvalue weighted by Gasteiger charge is 2.27. The summed E-state index contributed by atoms with van der Waals surface area (Å²) in [5.74, 6) is 0. The monoisotopic (exact) mass is 275 g/mol. The molecule has 2 aromatic rings. The lowest BCUT2D eigenvalue weighted by molar-refractivity contribution is 0.321. The van der Waals surface area contributed by atoms with Gasteiger partial charge in [-0.25, -0.2) is 9.78 Å². The standard InChI is InChI=1S/C15H21N3O2/c1-14(2,3)17-10-8-7-9-16-11(10)12(19)18(13(17)20)15(4,5)6/h7-9H,1-6H3. The zero-order valence-electron chi connectivity index (χ0n) is 12.9. The molecule has 0 atom stereocenters. The molecule has 0 aliphatic carbocycles. The van der Waals surface area contributed by atoms with Crippen LogP contribution in [0.3, 0.4) is 0 Å². The second-order valence-corrected chi connectivity index (χ2v) is 6.97. The maximum absolute atomic E-state index is 12.8. The van der Waals surface area contributed by atoms with Crippen LogP contribution in [0.5, 0.6) is 0 Å². The molecule has 0 spiro atoms. The van der Waals surface area contributed by atoms with Gasteiger partial charge in [0.1, 0.15) is 0 Å². The average Bonchev–Trinajstić information content (AvgIpc) is 2.25. The highest BCUT2D eigenvalue weighted by atomic mass is 16.2. The van der Waals surface area contributed by atoms with Crippen molar-refractivity contribution in [2.75, 3.05) is 0 Å². The van der Waals surface area contributed by atoms with E-state index in [4.69, 9.17) is 0 Å². The largest absolute Gasteiger partial charge is 0.332 e. The molecule has 0 saturated carbocycles. The third-order valence-corrected chi connectivity index (χ3v) is 3.16. The van der Waals surface area contributed by atoms with E-state index >= 15 is 0 Å². The van der Waals surface area contributed by atoms with E-state index in [1.54, 1.807) is 22.9 Å². The molecule has 0 amide bonds. The summed E-state index contributed by atoms with van der Waals surface area (Å²) >= 11 is 0. The lowest BCUT2D eigenvalue weighted by Gasteiger charge is -2.29. The molecular formula is C15H21N3O2. The van der Waals surface area contributed by atoms with Crippen LogP contribution >= 0.6 is 0 Å². The van der Waals surface area contributed by atoms with Gasteiger partial charge in [-0.3, -0.25) is 13.9 Å². The number of fused-ring (bicyclic) bond motifs is 1. The third-order valence-electron chi connectivity index (χ3n) is 3.16. The molecule has 2 aromatic heterocycles. The van der Waals surface area contributed by atoms with E-state index in [0.717, 1.165) is 0 Å². The highest BCUT2D eigenvalue weighted by molar-refractivity contribution is 5.73. The van der Waals surface area contributed by atoms with Crippen molar-refractivity contribution in [2.24, 2.45) is 0 Å². The van der Waals surface area contributed by atoms with Crippen molar-refractivity contribution in [1.29, 1.82) is 0 Å². The summed E-state index contributed by atoms with van der Waals surface area (Å²) in [6.07, 6.45) is 1.58. The lowest BCUT2D eigenvalue weighted by Crippen LogP contribution is -2.51. The van der Waals surface area contributed by atoms with Crippen LogP contribution in [-0.4, -0.2) is 14.1 Å². The summed E-state index contributed by atoms with van der Waals surface area (Å²) in [5, 5.41) is 0. The van der Waals surface area contributed by atoms with Crippen molar-refractivity contribution >= 4 is 11.0 Å². The Balaban J connectivity index is 3.14. The predicted molar refractivity (Wildman–Crippen MR) is 80.3 cm³/mol. The molecule has 20 heavy (non-hydrogen) atoms. The molecule has 0 N–H and O–H groups in total. The zero-order chi connectivity index (χ0) is 15.3. The third kappa shape index (κ3) is 2.17. The van der Waals surface area contributed by atoms with Crippen molar-refractivity contribution in [1.82, 2.24) is 14.1 Å². The molecular weight excluding hydrogens is 254 g/mol. The van der Waals surface area contributed by atoms with Crippen LogP contribution in [-0.2, 0) is 11.1 Å². The van der Waals surface area contributed by atoms with E-state index < -0.39 is 11.1 Å². The van der Waals surface area contributed by atoms with Gasteiger partial charge in [-0.15, -0.1) is 0 Å². The fourth-order valence-corrected chi connectivity index (χ4v) is 2.38. The molecule has 2 heterocycles. The van der Waals surface area contributed by atoms with Crippen LogP contribution in [0, 0.1) is 0 Å². The summed E-state index contributed by atoms with van der Waals surface area (Å²) in [4.78, 5) is 29.5. The molecule has 0 aromatic carbocycles. The van der Waals surface area contributed by atoms with E-state index in [0.29, 0.717) is 11.0 Å². The van der Waals surface area contributed by atoms with Crippen molar-refractivity contribution in [3.63, 3.8) is 0 Å². The minimum absolute atomic E-state index is 0.296. The molecule has 0 radical (unpaired) electrons. The van der Waals surface area contributed by atoms with Gasteiger partial charge < -0.3 is 0 Å². The van der Waals surface area contributed by atoms with Crippen molar-refractivity contribution < 1.29 is 0 Å². The van der Waals surface area contributed by atoms with Crippen LogP contribution in [0.4, 0.5) is 0 Å². The quantitative estimate of drug-likeness (QED) is 0.739. The van der Waals surface area contributed by atoms with Gasteiger partial charge >= 0.3 is 5.69 Å². The first-order valence-corrected chi connectivity index (χ1v) is 6.69. The van der Waals surface area contributed by atoms with Gasteiger partial charge in [0.25, 0.3) is 5.56 Å². The van der Waals surface area contributed by atoms with Crippen LogP contribution in [0.25, 0.3) is 11.0 Å². The topological polar surface area (TPSA) is 56.9 Å². The SMILES string of the molecule is CC(C)(C)n1c(=O)c2ncccc2n(C(C)(C)C)c1=O. The molecule has 2 rings (SSSR count). The molecule has 5 heteroatoms. The van der Waals surface area contributed by atoms with E-state index in [1.807, 2.05) is 41.5 Å². The molecule has 0 unspecified atom stereocenters. The van der Waals surface area contributed by atoms with Crippen molar-refractivity contribution in [2.45, 2.75) is 52.6 Å². The number of hydrogen-bond acceptors (Lipinski definition) is 3. The Hall–Kier alpha value is -1.91. The summed E-state index contributed by atoms with van der Waals surface area (Å²) in [7, 11) is 0. The number of rotatable bonds is 0. The molecule has 5 nitrogen and oxygen atoms in total. The molecule has 0 aliphatic rings. The summed E-state index contributed by atoms with van der Waals surface area (Å²) < 4.78 is 2.93. The summed E-state index contributed by atoms with van der Waals surface area (Å²) in [6.45, 7) is 11.4. The van der Waals surface area contributed by atoms with Gasteiger partial charge in [-0.2, -0.15) is 0 Å².